The lowest BCUT2D eigenvalue weighted by Gasteiger charge is -2.26. The summed E-state index contributed by atoms with van der Waals surface area (Å²) in [6.07, 6.45) is 5.49. The number of aromatic nitrogens is 2. The predicted octanol–water partition coefficient (Wildman–Crippen LogP) is 5.55. The Hall–Kier alpha value is -4.75. The molecule has 6 rings (SSSR count). The van der Waals surface area contributed by atoms with E-state index >= 15 is 0 Å². The van der Waals surface area contributed by atoms with Gasteiger partial charge in [0, 0.05) is 18.0 Å². The number of nitriles is 1. The first-order chi connectivity index (χ1) is 21.7. The third-order valence-corrected chi connectivity index (χ3v) is 10.2. The van der Waals surface area contributed by atoms with Crippen LogP contribution in [0.15, 0.2) is 87.4 Å². The van der Waals surface area contributed by atoms with E-state index in [-0.39, 0.29) is 22.8 Å². The first-order valence-electron chi connectivity index (χ1n) is 15.3. The van der Waals surface area contributed by atoms with E-state index in [0.717, 1.165) is 37.7 Å². The number of hydrogen-bond donors (Lipinski definition) is 2. The van der Waals surface area contributed by atoms with Crippen molar-refractivity contribution in [3.8, 4) is 23.1 Å². The maximum absolute atomic E-state index is 14.0. The molecule has 9 nitrogen and oxygen atoms in total. The molecule has 0 radical (unpaired) electrons. The molecule has 0 bridgehead atoms. The van der Waals surface area contributed by atoms with Crippen LogP contribution < -0.4 is 10.9 Å². The minimum atomic E-state index is -4.50. The van der Waals surface area contributed by atoms with E-state index in [2.05, 4.69) is 16.4 Å². The summed E-state index contributed by atoms with van der Waals surface area (Å²) >= 11 is 0. The van der Waals surface area contributed by atoms with Crippen LogP contribution in [0.2, 0.25) is 0 Å². The van der Waals surface area contributed by atoms with Crippen LogP contribution in [0.5, 0.6) is 5.88 Å². The van der Waals surface area contributed by atoms with E-state index in [9.17, 15) is 28.4 Å². The van der Waals surface area contributed by atoms with Crippen LogP contribution in [0, 0.1) is 17.2 Å². The van der Waals surface area contributed by atoms with Crippen LogP contribution in [0.3, 0.4) is 0 Å². The lowest BCUT2D eigenvalue weighted by molar-refractivity contribution is 0.0951. The molecule has 4 aromatic rings. The van der Waals surface area contributed by atoms with E-state index in [0.29, 0.717) is 40.9 Å². The maximum atomic E-state index is 14.0. The second kappa shape index (κ2) is 12.3. The zero-order chi connectivity index (χ0) is 31.7. The molecule has 2 aliphatic carbocycles. The molecule has 1 atom stereocenters. The zero-order valence-electron chi connectivity index (χ0n) is 24.9. The third kappa shape index (κ3) is 6.13. The fraction of sp³-hybridized carbons (Fsp3) is 0.314. The van der Waals surface area contributed by atoms with E-state index in [1.54, 1.807) is 48.5 Å². The van der Waals surface area contributed by atoms with Gasteiger partial charge in [0.1, 0.15) is 5.82 Å². The number of aryl methyl sites for hydroxylation is 1. The van der Waals surface area contributed by atoms with E-state index in [1.165, 1.54) is 16.7 Å². The largest absolute Gasteiger partial charge is 0.493 e. The Morgan fingerprint density at radius 2 is 1.80 bits per heavy atom. The summed E-state index contributed by atoms with van der Waals surface area (Å²) in [5.74, 6) is -0.433. The predicted molar refractivity (Wildman–Crippen MR) is 169 cm³/mol. The Bertz CT molecular complexity index is 1970. The van der Waals surface area contributed by atoms with E-state index < -0.39 is 32.2 Å². The molecule has 45 heavy (non-hydrogen) atoms. The van der Waals surface area contributed by atoms with Crippen LogP contribution in [-0.2, 0) is 16.3 Å². The topological polar surface area (TPSA) is 142 Å². The highest BCUT2D eigenvalue weighted by Crippen LogP contribution is 2.46. The van der Waals surface area contributed by atoms with Crippen molar-refractivity contribution in [2.24, 2.45) is 5.92 Å². The fourth-order valence-corrected chi connectivity index (χ4v) is 7.12. The number of carbonyl (C=O) groups is 1. The second-order valence-electron chi connectivity index (χ2n) is 11.8. The molecular weight excluding hydrogens is 588 g/mol. The van der Waals surface area contributed by atoms with Gasteiger partial charge in [-0.3, -0.25) is 14.2 Å². The molecule has 2 N–H and O–H groups in total. The summed E-state index contributed by atoms with van der Waals surface area (Å²) in [6.45, 7) is 2.00. The van der Waals surface area contributed by atoms with Gasteiger partial charge >= 0.3 is 0 Å². The maximum Gasteiger partial charge on any atom is 0.296 e. The number of benzene rings is 3. The number of carbonyl (C=O) groups excluding carboxylic acids is 1. The minimum Gasteiger partial charge on any atom is -0.493 e. The summed E-state index contributed by atoms with van der Waals surface area (Å²) in [7, 11) is -4.50. The summed E-state index contributed by atoms with van der Waals surface area (Å²) < 4.78 is 29.6. The second-order valence-corrected chi connectivity index (χ2v) is 13.7. The number of rotatable bonds is 11. The van der Waals surface area contributed by atoms with Crippen LogP contribution in [0.1, 0.15) is 78.8 Å². The third-order valence-electron chi connectivity index (χ3n) is 8.42. The standard InChI is InChI=1S/C35H34N4O5S/c1-2-3-11-30-38-34(41)32(35(42)39(30)31(24-12-13-24)25-8-6-7-22(20-25)21-36)45(43,44)27-18-14-23(15-19-27)28-9-4-5-10-29(28)33(40)37-26-16-17-26/h4-10,14-15,18-20,24,26,31,42H,2-3,11-13,16-17H2,1H3,(H,37,40)/t31-/m0/s1. The average molecular weight is 623 g/mol. The van der Waals surface area contributed by atoms with Gasteiger partial charge in [-0.15, -0.1) is 0 Å². The summed E-state index contributed by atoms with van der Waals surface area (Å²) in [5.41, 5.74) is 1.95. The molecule has 230 valence electrons. The van der Waals surface area contributed by atoms with E-state index in [1.807, 2.05) is 19.1 Å². The van der Waals surface area contributed by atoms with Crippen molar-refractivity contribution >= 4 is 15.7 Å². The highest BCUT2D eigenvalue weighted by Gasteiger charge is 2.39. The Morgan fingerprint density at radius 1 is 1.07 bits per heavy atom. The average Bonchev–Trinajstić information content (AvgIpc) is 3.98. The Balaban J connectivity index is 1.43. The van der Waals surface area contributed by atoms with Crippen molar-refractivity contribution in [3.05, 3.63) is 106 Å². The summed E-state index contributed by atoms with van der Waals surface area (Å²) in [5, 5.41) is 24.2. The summed E-state index contributed by atoms with van der Waals surface area (Å²) in [6, 6.07) is 21.9. The molecule has 0 spiro atoms. The van der Waals surface area contributed by atoms with Gasteiger partial charge in [0.25, 0.3) is 11.5 Å². The molecule has 1 aromatic heterocycles. The number of aromatic hydroxyl groups is 1. The Kier molecular flexibility index (Phi) is 8.30. The molecule has 0 saturated heterocycles. The van der Waals surface area contributed by atoms with Gasteiger partial charge in [-0.2, -0.15) is 10.2 Å². The van der Waals surface area contributed by atoms with Gasteiger partial charge in [-0.05, 0) is 85.0 Å². The molecule has 0 aliphatic heterocycles. The van der Waals surface area contributed by atoms with Gasteiger partial charge in [0.2, 0.25) is 15.7 Å². The molecule has 2 fully saturated rings. The summed E-state index contributed by atoms with van der Waals surface area (Å²) in [4.78, 5) is 29.5. The monoisotopic (exact) mass is 622 g/mol. The zero-order valence-corrected chi connectivity index (χ0v) is 25.8. The molecule has 1 amide bonds. The molecule has 3 aromatic carbocycles. The number of amides is 1. The SMILES string of the molecule is CCCCc1nc(=O)c(S(=O)(=O)c2ccc(-c3ccccc3C(=O)NC3CC3)cc2)c(O)n1[C@H](c1cccc(C#N)c1)C1CC1. The Labute approximate surface area is 262 Å². The lowest BCUT2D eigenvalue weighted by atomic mass is 9.99. The molecule has 2 saturated carbocycles. The first-order valence-corrected chi connectivity index (χ1v) is 16.8. The molecule has 1 heterocycles. The van der Waals surface area contributed by atoms with Gasteiger partial charge in [-0.1, -0.05) is 55.8 Å². The van der Waals surface area contributed by atoms with Crippen LogP contribution in [0.4, 0.5) is 0 Å². The van der Waals surface area contributed by atoms with Crippen molar-refractivity contribution < 1.29 is 18.3 Å². The minimum absolute atomic E-state index is 0.0848. The number of sulfone groups is 1. The van der Waals surface area contributed by atoms with Gasteiger partial charge < -0.3 is 10.4 Å². The van der Waals surface area contributed by atoms with Crippen LogP contribution >= 0.6 is 0 Å². The quantitative estimate of drug-likeness (QED) is 0.223. The van der Waals surface area contributed by atoms with Crippen LogP contribution in [-0.4, -0.2) is 35.0 Å². The molecule has 10 heteroatoms. The van der Waals surface area contributed by atoms with Gasteiger partial charge in [0.05, 0.1) is 22.6 Å². The van der Waals surface area contributed by atoms with Crippen molar-refractivity contribution in [3.63, 3.8) is 0 Å². The van der Waals surface area contributed by atoms with Crippen LogP contribution in [0.25, 0.3) is 11.1 Å². The molecule has 0 unspecified atom stereocenters. The lowest BCUT2D eigenvalue weighted by Crippen LogP contribution is -2.28. The normalized spacial score (nSPS) is 15.3. The smallest absolute Gasteiger partial charge is 0.296 e. The van der Waals surface area contributed by atoms with Crippen molar-refractivity contribution in [2.75, 3.05) is 0 Å². The Morgan fingerprint density at radius 3 is 2.47 bits per heavy atom. The van der Waals surface area contributed by atoms with Crippen molar-refractivity contribution in [1.82, 2.24) is 14.9 Å². The highest BCUT2D eigenvalue weighted by atomic mass is 32.2. The highest BCUT2D eigenvalue weighted by molar-refractivity contribution is 7.91. The van der Waals surface area contributed by atoms with Gasteiger partial charge in [0.15, 0.2) is 4.90 Å². The van der Waals surface area contributed by atoms with Crippen molar-refractivity contribution in [2.45, 2.75) is 73.7 Å². The van der Waals surface area contributed by atoms with E-state index in [4.69, 9.17) is 0 Å². The number of hydrogen-bond acceptors (Lipinski definition) is 7. The number of nitrogens with one attached hydrogen (secondary N) is 1. The first kappa shape index (κ1) is 30.3. The van der Waals surface area contributed by atoms with Gasteiger partial charge in [-0.25, -0.2) is 8.42 Å². The number of unbranched alkanes of at least 4 members (excludes halogenated alkanes) is 1. The molecule has 2 aliphatic rings. The number of nitrogens with zero attached hydrogens (tertiary/aromatic N) is 3. The van der Waals surface area contributed by atoms with Crippen molar-refractivity contribution in [1.29, 1.82) is 5.26 Å². The molecular formula is C35H34N4O5S. The fourth-order valence-electron chi connectivity index (χ4n) is 5.78.